The second-order valence-electron chi connectivity index (χ2n) is 5.48. The first-order valence-corrected chi connectivity index (χ1v) is 6.90. The van der Waals surface area contributed by atoms with Gasteiger partial charge in [-0.1, -0.05) is 0 Å². The van der Waals surface area contributed by atoms with E-state index in [0.29, 0.717) is 5.69 Å². The lowest BCUT2D eigenvalue weighted by atomic mass is 10.1. The van der Waals surface area contributed by atoms with Gasteiger partial charge in [0.1, 0.15) is 5.75 Å². The molecule has 0 bridgehead atoms. The van der Waals surface area contributed by atoms with Gasteiger partial charge in [-0.15, -0.1) is 0 Å². The van der Waals surface area contributed by atoms with Crippen LogP contribution in [0, 0.1) is 0 Å². The van der Waals surface area contributed by atoms with Crippen LogP contribution in [0.25, 0.3) is 0 Å². The van der Waals surface area contributed by atoms with Gasteiger partial charge >= 0.3 is 0 Å². The number of rotatable bonds is 4. The Bertz CT molecular complexity index is 488. The molecule has 5 heteroatoms. The molecule has 1 heterocycles. The molecule has 1 unspecified atom stereocenters. The maximum absolute atomic E-state index is 12.2. The smallest absolute Gasteiger partial charge is 0.239 e. The largest absolute Gasteiger partial charge is 0.497 e. The molecular formula is C15H23N3O2. The van der Waals surface area contributed by atoms with E-state index in [4.69, 9.17) is 10.5 Å². The third-order valence-corrected chi connectivity index (χ3v) is 3.70. The number of likely N-dealkylation sites (N-methyl/N-ethyl adjacent to an activating group) is 1. The lowest BCUT2D eigenvalue weighted by molar-refractivity contribution is -0.133. The van der Waals surface area contributed by atoms with Crippen LogP contribution in [0.2, 0.25) is 0 Å². The predicted octanol–water partition coefficient (Wildman–Crippen LogP) is 1.33. The molecule has 110 valence electrons. The van der Waals surface area contributed by atoms with Crippen molar-refractivity contribution >= 4 is 11.6 Å². The highest BCUT2D eigenvalue weighted by molar-refractivity contribution is 5.81. The van der Waals surface area contributed by atoms with Crippen molar-refractivity contribution in [3.8, 4) is 5.75 Å². The van der Waals surface area contributed by atoms with E-state index in [1.165, 1.54) is 0 Å². The van der Waals surface area contributed by atoms with Gasteiger partial charge in [0.15, 0.2) is 0 Å². The van der Waals surface area contributed by atoms with Crippen LogP contribution in [0.15, 0.2) is 18.2 Å². The number of anilines is 1. The number of carbonyl (C=O) groups is 1. The Morgan fingerprint density at radius 1 is 1.45 bits per heavy atom. The highest BCUT2D eigenvalue weighted by Crippen LogP contribution is 2.24. The first-order chi connectivity index (χ1) is 9.51. The summed E-state index contributed by atoms with van der Waals surface area (Å²) in [4.78, 5) is 16.1. The Morgan fingerprint density at radius 3 is 2.85 bits per heavy atom. The number of nitrogens with two attached hydrogens (primary N) is 1. The van der Waals surface area contributed by atoms with Gasteiger partial charge in [-0.05, 0) is 37.1 Å². The van der Waals surface area contributed by atoms with Crippen molar-refractivity contribution < 1.29 is 9.53 Å². The molecule has 1 atom stereocenters. The van der Waals surface area contributed by atoms with Crippen molar-refractivity contribution in [2.24, 2.45) is 0 Å². The van der Waals surface area contributed by atoms with Crippen molar-refractivity contribution in [1.82, 2.24) is 9.80 Å². The fourth-order valence-corrected chi connectivity index (χ4v) is 2.72. The topological polar surface area (TPSA) is 58.8 Å². The van der Waals surface area contributed by atoms with Gasteiger partial charge in [0.05, 0.1) is 13.2 Å². The van der Waals surface area contributed by atoms with E-state index >= 15 is 0 Å². The second kappa shape index (κ2) is 6.13. The van der Waals surface area contributed by atoms with Crippen molar-refractivity contribution in [2.45, 2.75) is 25.4 Å². The number of nitrogen functional groups attached to an aromatic ring is 1. The fourth-order valence-electron chi connectivity index (χ4n) is 2.72. The molecule has 1 aliphatic rings. The molecule has 1 aromatic rings. The molecule has 1 aliphatic heterocycles. The van der Waals surface area contributed by atoms with Crippen molar-refractivity contribution in [3.63, 3.8) is 0 Å². The van der Waals surface area contributed by atoms with E-state index in [2.05, 4.69) is 4.90 Å². The number of hydrogen-bond acceptors (Lipinski definition) is 4. The van der Waals surface area contributed by atoms with Gasteiger partial charge in [-0.25, -0.2) is 0 Å². The molecule has 1 fully saturated rings. The van der Waals surface area contributed by atoms with E-state index in [1.54, 1.807) is 18.1 Å². The predicted molar refractivity (Wildman–Crippen MR) is 79.5 cm³/mol. The first kappa shape index (κ1) is 14.7. The van der Waals surface area contributed by atoms with Crippen molar-refractivity contribution in [3.05, 3.63) is 23.8 Å². The zero-order valence-electron chi connectivity index (χ0n) is 12.4. The van der Waals surface area contributed by atoms with Crippen LogP contribution in [0.5, 0.6) is 5.75 Å². The van der Waals surface area contributed by atoms with E-state index in [0.717, 1.165) is 37.2 Å². The summed E-state index contributed by atoms with van der Waals surface area (Å²) in [5.74, 6) is 0.938. The summed E-state index contributed by atoms with van der Waals surface area (Å²) in [5, 5.41) is 0. The summed E-state index contributed by atoms with van der Waals surface area (Å²) >= 11 is 0. The summed E-state index contributed by atoms with van der Waals surface area (Å²) in [6.45, 7) is 1.67. The zero-order valence-corrected chi connectivity index (χ0v) is 12.4. The van der Waals surface area contributed by atoms with Crippen LogP contribution in [0.3, 0.4) is 0 Å². The average Bonchev–Trinajstić information content (AvgIpc) is 2.84. The lowest BCUT2D eigenvalue weighted by Gasteiger charge is -2.26. The summed E-state index contributed by atoms with van der Waals surface area (Å²) in [5.41, 5.74) is 7.65. The van der Waals surface area contributed by atoms with Gasteiger partial charge in [0, 0.05) is 32.4 Å². The molecule has 0 spiro atoms. The van der Waals surface area contributed by atoms with E-state index in [9.17, 15) is 4.79 Å². The van der Waals surface area contributed by atoms with Crippen molar-refractivity contribution in [2.75, 3.05) is 33.5 Å². The van der Waals surface area contributed by atoms with E-state index in [1.807, 2.05) is 26.2 Å². The number of carbonyl (C=O) groups excluding carboxylic acids is 1. The van der Waals surface area contributed by atoms with Crippen LogP contribution in [0.1, 0.15) is 18.4 Å². The standard InChI is InChI=1S/C15H23N3O2/c1-17(2)15(19)14-5-4-6-18(14)10-11-7-12(16)9-13(8-11)20-3/h7-9,14H,4-6,10,16H2,1-3H3. The minimum absolute atomic E-state index is 0.0163. The Labute approximate surface area is 120 Å². The summed E-state index contributed by atoms with van der Waals surface area (Å²) < 4.78 is 5.24. The third kappa shape index (κ3) is 3.22. The van der Waals surface area contributed by atoms with Crippen LogP contribution >= 0.6 is 0 Å². The van der Waals surface area contributed by atoms with Crippen LogP contribution in [-0.4, -0.2) is 49.5 Å². The van der Waals surface area contributed by atoms with Gasteiger partial charge in [-0.2, -0.15) is 0 Å². The quantitative estimate of drug-likeness (QED) is 0.844. The first-order valence-electron chi connectivity index (χ1n) is 6.90. The number of methoxy groups -OCH3 is 1. The molecule has 2 N–H and O–H groups in total. The SMILES string of the molecule is COc1cc(N)cc(CN2CCCC2C(=O)N(C)C)c1. The zero-order chi connectivity index (χ0) is 14.7. The molecular weight excluding hydrogens is 254 g/mol. The minimum atomic E-state index is -0.0163. The highest BCUT2D eigenvalue weighted by atomic mass is 16.5. The van der Waals surface area contributed by atoms with Crippen LogP contribution < -0.4 is 10.5 Å². The molecule has 20 heavy (non-hydrogen) atoms. The van der Waals surface area contributed by atoms with Gasteiger partial charge < -0.3 is 15.4 Å². The second-order valence-corrected chi connectivity index (χ2v) is 5.48. The normalized spacial score (nSPS) is 19.1. The maximum Gasteiger partial charge on any atom is 0.239 e. The van der Waals surface area contributed by atoms with Gasteiger partial charge in [0.25, 0.3) is 0 Å². The maximum atomic E-state index is 12.2. The van der Waals surface area contributed by atoms with E-state index in [-0.39, 0.29) is 11.9 Å². The third-order valence-electron chi connectivity index (χ3n) is 3.70. The number of amides is 1. The Hall–Kier alpha value is -1.75. The average molecular weight is 277 g/mol. The van der Waals surface area contributed by atoms with Gasteiger partial charge in [0.2, 0.25) is 5.91 Å². The summed E-state index contributed by atoms with van der Waals surface area (Å²) in [6.07, 6.45) is 1.99. The molecule has 0 saturated carbocycles. The fraction of sp³-hybridized carbons (Fsp3) is 0.533. The molecule has 0 radical (unpaired) electrons. The van der Waals surface area contributed by atoms with Crippen LogP contribution in [-0.2, 0) is 11.3 Å². The van der Waals surface area contributed by atoms with Crippen LogP contribution in [0.4, 0.5) is 5.69 Å². The highest BCUT2D eigenvalue weighted by Gasteiger charge is 2.31. The van der Waals surface area contributed by atoms with Crippen molar-refractivity contribution in [1.29, 1.82) is 0 Å². The number of likely N-dealkylation sites (tertiary alicyclic amines) is 1. The molecule has 1 aromatic carbocycles. The van der Waals surface area contributed by atoms with E-state index < -0.39 is 0 Å². The van der Waals surface area contributed by atoms with Gasteiger partial charge in [-0.3, -0.25) is 9.69 Å². The minimum Gasteiger partial charge on any atom is -0.497 e. The Balaban J connectivity index is 2.12. The molecule has 1 amide bonds. The summed E-state index contributed by atoms with van der Waals surface area (Å²) in [6, 6.07) is 5.71. The Kier molecular flexibility index (Phi) is 4.49. The molecule has 1 saturated heterocycles. The summed E-state index contributed by atoms with van der Waals surface area (Å²) in [7, 11) is 5.25. The molecule has 5 nitrogen and oxygen atoms in total. The number of nitrogens with zero attached hydrogens (tertiary/aromatic N) is 2. The lowest BCUT2D eigenvalue weighted by Crippen LogP contribution is -2.42. The molecule has 0 aromatic heterocycles. The number of ether oxygens (including phenoxy) is 1. The molecule has 0 aliphatic carbocycles. The Morgan fingerprint density at radius 2 is 2.20 bits per heavy atom. The molecule has 2 rings (SSSR count). The number of benzene rings is 1. The number of hydrogen-bond donors (Lipinski definition) is 1. The monoisotopic (exact) mass is 277 g/mol.